The van der Waals surface area contributed by atoms with Crippen LogP contribution >= 0.6 is 11.8 Å². The molecule has 0 spiro atoms. The molecule has 3 rings (SSSR count). The van der Waals surface area contributed by atoms with Gasteiger partial charge < -0.3 is 15.7 Å². The number of carboxylic acids is 1. The van der Waals surface area contributed by atoms with Crippen molar-refractivity contribution in [1.29, 1.82) is 5.26 Å². The van der Waals surface area contributed by atoms with Crippen molar-refractivity contribution in [2.24, 2.45) is 0 Å². The van der Waals surface area contributed by atoms with E-state index in [0.29, 0.717) is 12.2 Å². The number of anilines is 1. The minimum absolute atomic E-state index is 0.0679. The first-order chi connectivity index (χ1) is 15.1. The quantitative estimate of drug-likeness (QED) is 0.355. The number of rotatable bonds is 8. The molecule has 0 aliphatic heterocycles. The van der Waals surface area contributed by atoms with Crippen LogP contribution in [0.5, 0.6) is 0 Å². The lowest BCUT2D eigenvalue weighted by Crippen LogP contribution is -2.17. The summed E-state index contributed by atoms with van der Waals surface area (Å²) in [6, 6.07) is 25.5. The number of aromatic carboxylic acids is 1. The van der Waals surface area contributed by atoms with E-state index < -0.39 is 11.9 Å². The lowest BCUT2D eigenvalue weighted by Gasteiger charge is -2.10. The molecule has 0 fully saturated rings. The molecule has 0 aliphatic rings. The summed E-state index contributed by atoms with van der Waals surface area (Å²) in [5, 5.41) is 24.0. The first-order valence-electron chi connectivity index (χ1n) is 9.36. The molecule has 0 aliphatic carbocycles. The van der Waals surface area contributed by atoms with Gasteiger partial charge in [0.25, 0.3) is 5.91 Å². The Morgan fingerprint density at radius 3 is 2.32 bits per heavy atom. The number of benzene rings is 3. The van der Waals surface area contributed by atoms with Crippen LogP contribution in [0.2, 0.25) is 0 Å². The third-order valence-corrected chi connectivity index (χ3v) is 5.31. The summed E-state index contributed by atoms with van der Waals surface area (Å²) in [7, 11) is 0. The molecule has 0 bridgehead atoms. The van der Waals surface area contributed by atoms with E-state index >= 15 is 0 Å². The number of carboxylic acid groups (broad SMARTS) is 1. The summed E-state index contributed by atoms with van der Waals surface area (Å²) in [6.45, 7) is 0.346. The average molecular weight is 430 g/mol. The van der Waals surface area contributed by atoms with Gasteiger partial charge in [0.1, 0.15) is 11.6 Å². The number of hydrogen-bond donors (Lipinski definition) is 3. The first-order valence-corrected chi connectivity index (χ1v) is 10.2. The number of carbonyl (C=O) groups excluding carboxylic acids is 1. The maximum absolute atomic E-state index is 12.6. The molecular weight excluding hydrogens is 410 g/mol. The molecule has 0 unspecified atom stereocenters. The van der Waals surface area contributed by atoms with Crippen LogP contribution < -0.4 is 10.6 Å². The summed E-state index contributed by atoms with van der Waals surface area (Å²) >= 11 is 1.52. The topological polar surface area (TPSA) is 102 Å². The normalized spacial score (nSPS) is 10.7. The molecule has 3 aromatic carbocycles. The first kappa shape index (κ1) is 21.7. The fourth-order valence-electron chi connectivity index (χ4n) is 2.65. The third-order valence-electron chi connectivity index (χ3n) is 4.22. The highest BCUT2D eigenvalue weighted by molar-refractivity contribution is 7.99. The summed E-state index contributed by atoms with van der Waals surface area (Å²) in [4.78, 5) is 25.4. The monoisotopic (exact) mass is 429 g/mol. The molecular formula is C24H19N3O3S. The maximum atomic E-state index is 12.6. The second-order valence-corrected chi connectivity index (χ2v) is 7.53. The van der Waals surface area contributed by atoms with Crippen LogP contribution in [-0.4, -0.2) is 17.0 Å². The molecule has 0 aromatic heterocycles. The van der Waals surface area contributed by atoms with E-state index in [1.807, 2.05) is 54.6 Å². The van der Waals surface area contributed by atoms with Crippen molar-refractivity contribution in [3.05, 3.63) is 102 Å². The van der Waals surface area contributed by atoms with Gasteiger partial charge in [0, 0.05) is 22.5 Å². The SMILES string of the molecule is N#C/C(=C/NCc1ccc(C(=O)O)cc1)C(=O)Nc1ccccc1Sc1ccccc1. The third kappa shape index (κ3) is 6.23. The lowest BCUT2D eigenvalue weighted by atomic mass is 10.1. The average Bonchev–Trinajstić information content (AvgIpc) is 2.79. The Morgan fingerprint density at radius 2 is 1.65 bits per heavy atom. The Balaban J connectivity index is 1.64. The van der Waals surface area contributed by atoms with Crippen molar-refractivity contribution in [1.82, 2.24) is 5.32 Å². The van der Waals surface area contributed by atoms with Gasteiger partial charge in [0.2, 0.25) is 0 Å². The van der Waals surface area contributed by atoms with Crippen LogP contribution in [0, 0.1) is 11.3 Å². The number of para-hydroxylation sites is 1. The van der Waals surface area contributed by atoms with E-state index in [2.05, 4.69) is 10.6 Å². The van der Waals surface area contributed by atoms with Gasteiger partial charge >= 0.3 is 5.97 Å². The van der Waals surface area contributed by atoms with Crippen molar-refractivity contribution in [3.63, 3.8) is 0 Å². The molecule has 1 amide bonds. The van der Waals surface area contributed by atoms with Gasteiger partial charge in [-0.25, -0.2) is 4.79 Å². The highest BCUT2D eigenvalue weighted by Crippen LogP contribution is 2.33. The summed E-state index contributed by atoms with van der Waals surface area (Å²) in [5.74, 6) is -1.51. The minimum Gasteiger partial charge on any atom is -0.478 e. The molecule has 3 N–H and O–H groups in total. The van der Waals surface area contributed by atoms with Gasteiger partial charge in [-0.3, -0.25) is 4.79 Å². The van der Waals surface area contributed by atoms with Crippen molar-refractivity contribution >= 4 is 29.3 Å². The molecule has 0 radical (unpaired) electrons. The Hall–Kier alpha value is -4.02. The Labute approximate surface area is 184 Å². The zero-order valence-electron chi connectivity index (χ0n) is 16.4. The van der Waals surface area contributed by atoms with E-state index in [1.54, 1.807) is 18.2 Å². The molecule has 0 saturated carbocycles. The second-order valence-electron chi connectivity index (χ2n) is 6.42. The fraction of sp³-hybridized carbons (Fsp3) is 0.0417. The van der Waals surface area contributed by atoms with E-state index in [0.717, 1.165) is 15.4 Å². The Kier molecular flexibility index (Phi) is 7.46. The van der Waals surface area contributed by atoms with Crippen LogP contribution in [0.3, 0.4) is 0 Å². The van der Waals surface area contributed by atoms with Crippen LogP contribution in [0.25, 0.3) is 0 Å². The summed E-state index contributed by atoms with van der Waals surface area (Å²) < 4.78 is 0. The van der Waals surface area contributed by atoms with Gasteiger partial charge in [0.05, 0.1) is 11.3 Å². The van der Waals surface area contributed by atoms with Crippen LogP contribution in [0.15, 0.2) is 100 Å². The number of nitriles is 1. The maximum Gasteiger partial charge on any atom is 0.335 e. The van der Waals surface area contributed by atoms with Crippen LogP contribution in [0.1, 0.15) is 15.9 Å². The molecule has 7 heteroatoms. The van der Waals surface area contributed by atoms with Crippen LogP contribution in [-0.2, 0) is 11.3 Å². The number of carbonyl (C=O) groups is 2. The van der Waals surface area contributed by atoms with Crippen molar-refractivity contribution < 1.29 is 14.7 Å². The van der Waals surface area contributed by atoms with Gasteiger partial charge in [-0.2, -0.15) is 5.26 Å². The molecule has 0 atom stereocenters. The van der Waals surface area contributed by atoms with E-state index in [4.69, 9.17) is 5.11 Å². The Morgan fingerprint density at radius 1 is 0.968 bits per heavy atom. The molecule has 3 aromatic rings. The van der Waals surface area contributed by atoms with E-state index in [1.165, 1.54) is 30.1 Å². The predicted octanol–water partition coefficient (Wildman–Crippen LogP) is 4.67. The summed E-state index contributed by atoms with van der Waals surface area (Å²) in [6.07, 6.45) is 1.35. The number of amides is 1. The van der Waals surface area contributed by atoms with Crippen molar-refractivity contribution in [2.75, 3.05) is 5.32 Å². The van der Waals surface area contributed by atoms with Gasteiger partial charge in [-0.05, 0) is 42.0 Å². The second kappa shape index (κ2) is 10.7. The number of nitrogens with one attached hydrogen (secondary N) is 2. The molecule has 154 valence electrons. The van der Waals surface area contributed by atoms with Gasteiger partial charge in [-0.1, -0.05) is 54.2 Å². The number of hydrogen-bond acceptors (Lipinski definition) is 5. The van der Waals surface area contributed by atoms with Crippen LogP contribution in [0.4, 0.5) is 5.69 Å². The van der Waals surface area contributed by atoms with Gasteiger partial charge in [-0.15, -0.1) is 0 Å². The zero-order chi connectivity index (χ0) is 22.1. The van der Waals surface area contributed by atoms with Crippen molar-refractivity contribution in [3.8, 4) is 6.07 Å². The fourth-order valence-corrected chi connectivity index (χ4v) is 3.57. The number of nitrogens with zero attached hydrogens (tertiary/aromatic N) is 1. The molecule has 31 heavy (non-hydrogen) atoms. The molecule has 0 saturated heterocycles. The van der Waals surface area contributed by atoms with Gasteiger partial charge in [0.15, 0.2) is 0 Å². The highest BCUT2D eigenvalue weighted by atomic mass is 32.2. The highest BCUT2D eigenvalue weighted by Gasteiger charge is 2.12. The zero-order valence-corrected chi connectivity index (χ0v) is 17.2. The smallest absolute Gasteiger partial charge is 0.335 e. The van der Waals surface area contributed by atoms with Crippen molar-refractivity contribution in [2.45, 2.75) is 16.3 Å². The summed E-state index contributed by atoms with van der Waals surface area (Å²) in [5.41, 5.74) is 1.57. The molecule has 6 nitrogen and oxygen atoms in total. The minimum atomic E-state index is -0.992. The Bertz CT molecular complexity index is 1140. The van der Waals surface area contributed by atoms with E-state index in [9.17, 15) is 14.9 Å². The van der Waals surface area contributed by atoms with E-state index in [-0.39, 0.29) is 11.1 Å². The predicted molar refractivity (Wildman–Crippen MR) is 120 cm³/mol. The lowest BCUT2D eigenvalue weighted by molar-refractivity contribution is -0.112. The largest absolute Gasteiger partial charge is 0.478 e. The molecule has 0 heterocycles. The standard InChI is InChI=1S/C24H19N3O3S/c25-14-19(16-26-15-17-10-12-18(13-11-17)24(29)30)23(28)27-21-8-4-5-9-22(21)31-20-6-2-1-3-7-20/h1-13,16,26H,15H2,(H,27,28)(H,29,30)/b19-16-.